The van der Waals surface area contributed by atoms with Crippen molar-refractivity contribution in [2.24, 2.45) is 5.92 Å². The van der Waals surface area contributed by atoms with Crippen LogP contribution in [0.4, 0.5) is 11.4 Å². The molecule has 4 heteroatoms. The molecule has 0 aromatic heterocycles. The van der Waals surface area contributed by atoms with Gasteiger partial charge in [-0.15, -0.1) is 0 Å². The maximum atomic E-state index is 11.0. The minimum absolute atomic E-state index is 0.180. The molecule has 1 heterocycles. The molecule has 0 unspecified atom stereocenters. The first-order chi connectivity index (χ1) is 11.2. The number of rotatable bonds is 5. The standard InChI is InChI=1S/C19H21N2O2/c22-19(23)15-10-12-21(13-11-15)14-16-6-4-5-9-18(16)20-17-7-2-1-3-8-17/h2-9,15,20H,10-14H2,(H,22,23). The average molecular weight is 309 g/mol. The van der Waals surface area contributed by atoms with E-state index in [0.29, 0.717) is 0 Å². The highest BCUT2D eigenvalue weighted by atomic mass is 16.4. The summed E-state index contributed by atoms with van der Waals surface area (Å²) in [4.78, 5) is 13.4. The molecule has 0 amide bonds. The van der Waals surface area contributed by atoms with E-state index in [1.807, 2.05) is 36.4 Å². The van der Waals surface area contributed by atoms with E-state index in [9.17, 15) is 4.79 Å². The lowest BCUT2D eigenvalue weighted by molar-refractivity contribution is -0.143. The molecule has 0 aliphatic carbocycles. The van der Waals surface area contributed by atoms with Crippen molar-refractivity contribution in [1.29, 1.82) is 0 Å². The van der Waals surface area contributed by atoms with Crippen LogP contribution >= 0.6 is 0 Å². The molecule has 3 rings (SSSR count). The number of hydrogen-bond acceptors (Lipinski definition) is 3. The molecule has 1 aliphatic heterocycles. The van der Waals surface area contributed by atoms with Gasteiger partial charge in [-0.1, -0.05) is 30.3 Å². The number of piperidine rings is 1. The fourth-order valence-electron chi connectivity index (χ4n) is 2.98. The van der Waals surface area contributed by atoms with Crippen molar-refractivity contribution < 1.29 is 9.90 Å². The molecular weight excluding hydrogens is 288 g/mol. The van der Waals surface area contributed by atoms with Crippen LogP contribution in [0.1, 0.15) is 18.4 Å². The summed E-state index contributed by atoms with van der Waals surface area (Å²) in [6, 6.07) is 19.1. The number of benzene rings is 2. The number of carboxylic acid groups (broad SMARTS) is 1. The van der Waals surface area contributed by atoms with Gasteiger partial charge < -0.3 is 10.4 Å². The molecular formula is C19H21N2O2. The van der Waals surface area contributed by atoms with Crippen LogP contribution in [0.25, 0.3) is 0 Å². The highest BCUT2D eigenvalue weighted by Gasteiger charge is 2.24. The molecule has 119 valence electrons. The molecule has 0 saturated carbocycles. The van der Waals surface area contributed by atoms with Crippen LogP contribution in [0.2, 0.25) is 0 Å². The van der Waals surface area contributed by atoms with Crippen molar-refractivity contribution in [3.63, 3.8) is 0 Å². The topological polar surface area (TPSA) is 52.6 Å². The van der Waals surface area contributed by atoms with E-state index in [1.165, 1.54) is 5.56 Å². The number of carbonyl (C=O) groups is 1. The van der Waals surface area contributed by atoms with E-state index >= 15 is 0 Å². The Morgan fingerprint density at radius 2 is 1.87 bits per heavy atom. The van der Waals surface area contributed by atoms with Gasteiger partial charge in [0.25, 0.3) is 0 Å². The largest absolute Gasteiger partial charge is 0.481 e. The smallest absolute Gasteiger partial charge is 0.306 e. The Labute approximate surface area is 136 Å². The SMILES string of the molecule is O=C(O)C1CCN(Cc2ccccc2Nc2cc[c]cc2)CC1. The van der Waals surface area contributed by atoms with Gasteiger partial charge in [0.15, 0.2) is 0 Å². The van der Waals surface area contributed by atoms with Gasteiger partial charge in [0.2, 0.25) is 0 Å². The molecule has 0 spiro atoms. The van der Waals surface area contributed by atoms with Crippen molar-refractivity contribution in [3.8, 4) is 0 Å². The number of likely N-dealkylation sites (tertiary alicyclic amines) is 1. The molecule has 1 fully saturated rings. The zero-order valence-electron chi connectivity index (χ0n) is 13.0. The fraction of sp³-hybridized carbons (Fsp3) is 0.316. The van der Waals surface area contributed by atoms with Crippen LogP contribution in [0.15, 0.2) is 48.5 Å². The van der Waals surface area contributed by atoms with Gasteiger partial charge in [0.05, 0.1) is 5.92 Å². The summed E-state index contributed by atoms with van der Waals surface area (Å²) in [5.74, 6) is -0.840. The first-order valence-corrected chi connectivity index (χ1v) is 7.98. The maximum Gasteiger partial charge on any atom is 0.306 e. The monoisotopic (exact) mass is 309 g/mol. The number of carboxylic acids is 1. The highest BCUT2D eigenvalue weighted by Crippen LogP contribution is 2.24. The Kier molecular flexibility index (Phi) is 4.93. The molecule has 23 heavy (non-hydrogen) atoms. The molecule has 4 nitrogen and oxygen atoms in total. The van der Waals surface area contributed by atoms with E-state index in [2.05, 4.69) is 28.4 Å². The first kappa shape index (κ1) is 15.6. The van der Waals surface area contributed by atoms with Crippen LogP contribution < -0.4 is 5.32 Å². The highest BCUT2D eigenvalue weighted by molar-refractivity contribution is 5.70. The number of para-hydroxylation sites is 1. The van der Waals surface area contributed by atoms with Crippen LogP contribution in [-0.2, 0) is 11.3 Å². The molecule has 1 radical (unpaired) electrons. The Balaban J connectivity index is 1.66. The minimum atomic E-state index is -0.660. The Morgan fingerprint density at radius 1 is 1.17 bits per heavy atom. The zero-order chi connectivity index (χ0) is 16.1. The Morgan fingerprint density at radius 3 is 2.57 bits per heavy atom. The van der Waals surface area contributed by atoms with Gasteiger partial charge >= 0.3 is 5.97 Å². The van der Waals surface area contributed by atoms with Crippen molar-refractivity contribution in [3.05, 3.63) is 60.2 Å². The van der Waals surface area contributed by atoms with Gasteiger partial charge in [-0.25, -0.2) is 0 Å². The van der Waals surface area contributed by atoms with E-state index in [4.69, 9.17) is 5.11 Å². The molecule has 1 saturated heterocycles. The third-order valence-corrected chi connectivity index (χ3v) is 4.35. The lowest BCUT2D eigenvalue weighted by atomic mass is 9.96. The van der Waals surface area contributed by atoms with Gasteiger partial charge in [0.1, 0.15) is 0 Å². The summed E-state index contributed by atoms with van der Waals surface area (Å²) < 4.78 is 0. The summed E-state index contributed by atoms with van der Waals surface area (Å²) in [6.07, 6.45) is 1.47. The maximum absolute atomic E-state index is 11.0. The van der Waals surface area contributed by atoms with Gasteiger partial charge in [-0.2, -0.15) is 0 Å². The average Bonchev–Trinajstić information content (AvgIpc) is 2.58. The van der Waals surface area contributed by atoms with Crippen LogP contribution in [0, 0.1) is 12.0 Å². The van der Waals surface area contributed by atoms with Crippen LogP contribution in [0.3, 0.4) is 0 Å². The fourth-order valence-corrected chi connectivity index (χ4v) is 2.98. The number of hydrogen-bond donors (Lipinski definition) is 2. The van der Waals surface area contributed by atoms with Gasteiger partial charge in [-0.3, -0.25) is 9.69 Å². The van der Waals surface area contributed by atoms with Crippen LogP contribution in [0.5, 0.6) is 0 Å². The second-order valence-electron chi connectivity index (χ2n) is 5.96. The molecule has 0 atom stereocenters. The van der Waals surface area contributed by atoms with Crippen molar-refractivity contribution in [2.45, 2.75) is 19.4 Å². The second kappa shape index (κ2) is 7.29. The first-order valence-electron chi connectivity index (χ1n) is 7.98. The molecule has 0 bridgehead atoms. The van der Waals surface area contributed by atoms with Gasteiger partial charge in [-0.05, 0) is 55.8 Å². The summed E-state index contributed by atoms with van der Waals surface area (Å²) in [6.45, 7) is 2.52. The lowest BCUT2D eigenvalue weighted by Crippen LogP contribution is -2.35. The van der Waals surface area contributed by atoms with Crippen LogP contribution in [-0.4, -0.2) is 29.1 Å². The summed E-state index contributed by atoms with van der Waals surface area (Å²) in [5, 5.41) is 12.5. The van der Waals surface area contributed by atoms with Gasteiger partial charge in [0, 0.05) is 17.9 Å². The Bertz CT molecular complexity index is 649. The van der Waals surface area contributed by atoms with Crippen molar-refractivity contribution >= 4 is 17.3 Å². The number of anilines is 2. The third kappa shape index (κ3) is 4.11. The van der Waals surface area contributed by atoms with E-state index in [-0.39, 0.29) is 5.92 Å². The molecule has 2 aromatic rings. The predicted octanol–water partition coefficient (Wildman–Crippen LogP) is 3.53. The van der Waals surface area contributed by atoms with E-state index < -0.39 is 5.97 Å². The third-order valence-electron chi connectivity index (χ3n) is 4.35. The zero-order valence-corrected chi connectivity index (χ0v) is 13.0. The normalized spacial score (nSPS) is 16.2. The quantitative estimate of drug-likeness (QED) is 0.887. The number of nitrogens with one attached hydrogen (secondary N) is 1. The van der Waals surface area contributed by atoms with Crippen molar-refractivity contribution in [1.82, 2.24) is 4.90 Å². The summed E-state index contributed by atoms with van der Waals surface area (Å²) in [5.41, 5.74) is 3.37. The minimum Gasteiger partial charge on any atom is -0.481 e. The molecule has 2 aromatic carbocycles. The number of aliphatic carboxylic acids is 1. The second-order valence-corrected chi connectivity index (χ2v) is 5.96. The van der Waals surface area contributed by atoms with Crippen molar-refractivity contribution in [2.75, 3.05) is 18.4 Å². The molecule has 2 N–H and O–H groups in total. The summed E-state index contributed by atoms with van der Waals surface area (Å²) in [7, 11) is 0. The molecule has 1 aliphatic rings. The lowest BCUT2D eigenvalue weighted by Gasteiger charge is -2.30. The van der Waals surface area contributed by atoms with E-state index in [1.54, 1.807) is 0 Å². The predicted molar refractivity (Wildman–Crippen MR) is 90.6 cm³/mol. The number of nitrogens with zero attached hydrogens (tertiary/aromatic N) is 1. The Hall–Kier alpha value is -2.33. The summed E-state index contributed by atoms with van der Waals surface area (Å²) >= 11 is 0. The van der Waals surface area contributed by atoms with E-state index in [0.717, 1.165) is 43.9 Å².